The molecular weight excluding hydrogens is 196 g/mol. The summed E-state index contributed by atoms with van der Waals surface area (Å²) < 4.78 is 0. The Balaban J connectivity index is 2.66. The van der Waals surface area contributed by atoms with E-state index in [9.17, 15) is 5.11 Å². The summed E-state index contributed by atoms with van der Waals surface area (Å²) in [5, 5.41) is 10.3. The van der Waals surface area contributed by atoms with Crippen LogP contribution in [0.3, 0.4) is 0 Å². The number of hydrogen-bond donors (Lipinski definition) is 1. The summed E-state index contributed by atoms with van der Waals surface area (Å²) >= 11 is 1.56. The molecule has 0 saturated carbocycles. The standard InChI is InChI=1S/C10H18N2OS/c1-7(2)6-12(4)10-11-5-9(14-10)8(3)13/h5,7-8,13H,6H2,1-4H3. The Kier molecular flexibility index (Phi) is 3.89. The number of nitrogens with zero attached hydrogens (tertiary/aromatic N) is 2. The molecule has 0 aliphatic carbocycles. The van der Waals surface area contributed by atoms with E-state index in [-0.39, 0.29) is 0 Å². The van der Waals surface area contributed by atoms with Crippen molar-refractivity contribution in [2.24, 2.45) is 5.92 Å². The number of aliphatic hydroxyl groups is 1. The lowest BCUT2D eigenvalue weighted by Crippen LogP contribution is -2.22. The van der Waals surface area contributed by atoms with Crippen LogP contribution in [-0.2, 0) is 0 Å². The second-order valence-electron chi connectivity index (χ2n) is 4.00. The van der Waals surface area contributed by atoms with Crippen molar-refractivity contribution in [1.29, 1.82) is 0 Å². The zero-order chi connectivity index (χ0) is 10.7. The van der Waals surface area contributed by atoms with E-state index in [1.165, 1.54) is 0 Å². The maximum Gasteiger partial charge on any atom is 0.185 e. The first-order valence-electron chi connectivity index (χ1n) is 4.85. The van der Waals surface area contributed by atoms with Crippen LogP contribution in [0.4, 0.5) is 5.13 Å². The van der Waals surface area contributed by atoms with Gasteiger partial charge in [0.25, 0.3) is 0 Å². The molecule has 0 spiro atoms. The molecule has 1 aromatic heterocycles. The number of anilines is 1. The van der Waals surface area contributed by atoms with E-state index in [1.54, 1.807) is 24.5 Å². The van der Waals surface area contributed by atoms with Gasteiger partial charge < -0.3 is 10.0 Å². The van der Waals surface area contributed by atoms with Gasteiger partial charge in [-0.05, 0) is 12.8 Å². The highest BCUT2D eigenvalue weighted by Gasteiger charge is 2.10. The minimum atomic E-state index is -0.409. The summed E-state index contributed by atoms with van der Waals surface area (Å²) in [6.45, 7) is 7.12. The van der Waals surface area contributed by atoms with Gasteiger partial charge in [-0.2, -0.15) is 0 Å². The lowest BCUT2D eigenvalue weighted by molar-refractivity contribution is 0.203. The first-order chi connectivity index (χ1) is 6.50. The first kappa shape index (κ1) is 11.5. The monoisotopic (exact) mass is 214 g/mol. The quantitative estimate of drug-likeness (QED) is 0.835. The van der Waals surface area contributed by atoms with Crippen LogP contribution in [-0.4, -0.2) is 23.7 Å². The van der Waals surface area contributed by atoms with Gasteiger partial charge in [0.1, 0.15) is 0 Å². The Morgan fingerprint density at radius 1 is 1.50 bits per heavy atom. The van der Waals surface area contributed by atoms with Crippen molar-refractivity contribution in [3.05, 3.63) is 11.1 Å². The summed E-state index contributed by atoms with van der Waals surface area (Å²) in [7, 11) is 2.03. The van der Waals surface area contributed by atoms with E-state index >= 15 is 0 Å². The summed E-state index contributed by atoms with van der Waals surface area (Å²) in [5.74, 6) is 0.624. The van der Waals surface area contributed by atoms with Crippen molar-refractivity contribution in [2.45, 2.75) is 26.9 Å². The Labute approximate surface area is 89.4 Å². The van der Waals surface area contributed by atoms with Gasteiger partial charge in [0.05, 0.1) is 11.0 Å². The molecule has 80 valence electrons. The molecule has 1 N–H and O–H groups in total. The second-order valence-corrected chi connectivity index (χ2v) is 5.04. The van der Waals surface area contributed by atoms with Crippen molar-refractivity contribution in [1.82, 2.24) is 4.98 Å². The van der Waals surface area contributed by atoms with Crippen molar-refractivity contribution >= 4 is 16.5 Å². The first-order valence-corrected chi connectivity index (χ1v) is 5.67. The molecule has 1 heterocycles. The molecule has 0 fully saturated rings. The van der Waals surface area contributed by atoms with Crippen molar-refractivity contribution in [3.8, 4) is 0 Å². The van der Waals surface area contributed by atoms with Gasteiger partial charge in [-0.1, -0.05) is 25.2 Å². The van der Waals surface area contributed by atoms with E-state index in [0.717, 1.165) is 16.6 Å². The molecule has 1 atom stereocenters. The molecule has 0 saturated heterocycles. The molecule has 0 aliphatic rings. The van der Waals surface area contributed by atoms with Gasteiger partial charge in [-0.15, -0.1) is 0 Å². The normalized spacial score (nSPS) is 13.3. The van der Waals surface area contributed by atoms with Crippen molar-refractivity contribution in [2.75, 3.05) is 18.5 Å². The second kappa shape index (κ2) is 4.75. The lowest BCUT2D eigenvalue weighted by Gasteiger charge is -2.17. The Morgan fingerprint density at radius 2 is 2.14 bits per heavy atom. The third kappa shape index (κ3) is 2.96. The highest BCUT2D eigenvalue weighted by molar-refractivity contribution is 7.15. The Bertz CT molecular complexity index is 283. The molecule has 0 radical (unpaired) electrons. The minimum absolute atomic E-state index is 0.409. The van der Waals surface area contributed by atoms with E-state index in [2.05, 4.69) is 23.7 Å². The maximum atomic E-state index is 9.35. The summed E-state index contributed by atoms with van der Waals surface area (Å²) in [6, 6.07) is 0. The van der Waals surface area contributed by atoms with Gasteiger partial charge in [0.2, 0.25) is 0 Å². The average Bonchev–Trinajstić information content (AvgIpc) is 2.50. The van der Waals surface area contributed by atoms with Crippen LogP contribution >= 0.6 is 11.3 Å². The third-order valence-corrected chi connectivity index (χ3v) is 3.17. The van der Waals surface area contributed by atoms with Crippen LogP contribution in [0.5, 0.6) is 0 Å². The summed E-state index contributed by atoms with van der Waals surface area (Å²) in [4.78, 5) is 7.33. The Morgan fingerprint density at radius 3 is 2.57 bits per heavy atom. The zero-order valence-corrected chi connectivity index (χ0v) is 10.0. The predicted molar refractivity (Wildman–Crippen MR) is 60.9 cm³/mol. The molecule has 0 bridgehead atoms. The van der Waals surface area contributed by atoms with Crippen molar-refractivity contribution < 1.29 is 5.11 Å². The predicted octanol–water partition coefficient (Wildman–Crippen LogP) is 2.29. The van der Waals surface area contributed by atoms with Crippen LogP contribution in [0, 0.1) is 5.92 Å². The Hall–Kier alpha value is -0.610. The van der Waals surface area contributed by atoms with E-state index < -0.39 is 6.10 Å². The molecule has 14 heavy (non-hydrogen) atoms. The van der Waals surface area contributed by atoms with E-state index in [4.69, 9.17) is 0 Å². The fourth-order valence-corrected chi connectivity index (χ4v) is 2.09. The van der Waals surface area contributed by atoms with Crippen LogP contribution in [0.25, 0.3) is 0 Å². The molecule has 1 rings (SSSR count). The van der Waals surface area contributed by atoms with Crippen LogP contribution in [0.15, 0.2) is 6.20 Å². The number of thiazole rings is 1. The summed E-state index contributed by atoms with van der Waals surface area (Å²) in [5.41, 5.74) is 0. The zero-order valence-electron chi connectivity index (χ0n) is 9.19. The van der Waals surface area contributed by atoms with E-state index in [0.29, 0.717) is 5.92 Å². The molecule has 4 heteroatoms. The molecule has 3 nitrogen and oxygen atoms in total. The van der Waals surface area contributed by atoms with Crippen molar-refractivity contribution in [3.63, 3.8) is 0 Å². The van der Waals surface area contributed by atoms with Gasteiger partial charge in [0.15, 0.2) is 5.13 Å². The van der Waals surface area contributed by atoms with Gasteiger partial charge in [0, 0.05) is 19.8 Å². The largest absolute Gasteiger partial charge is 0.388 e. The SMILES string of the molecule is CC(C)CN(C)c1ncc(C(C)O)s1. The molecule has 1 aromatic rings. The molecule has 0 aliphatic heterocycles. The molecule has 0 aromatic carbocycles. The number of aliphatic hydroxyl groups excluding tert-OH is 1. The highest BCUT2D eigenvalue weighted by atomic mass is 32.1. The topological polar surface area (TPSA) is 36.4 Å². The van der Waals surface area contributed by atoms with E-state index in [1.807, 2.05) is 7.05 Å². The smallest absolute Gasteiger partial charge is 0.185 e. The fraction of sp³-hybridized carbons (Fsp3) is 0.700. The van der Waals surface area contributed by atoms with Gasteiger partial charge >= 0.3 is 0 Å². The maximum absolute atomic E-state index is 9.35. The minimum Gasteiger partial charge on any atom is -0.388 e. The molecule has 0 amide bonds. The fourth-order valence-electron chi connectivity index (χ4n) is 1.27. The lowest BCUT2D eigenvalue weighted by atomic mass is 10.2. The molecular formula is C10H18N2OS. The van der Waals surface area contributed by atoms with Crippen LogP contribution in [0.2, 0.25) is 0 Å². The van der Waals surface area contributed by atoms with Gasteiger partial charge in [-0.3, -0.25) is 0 Å². The average molecular weight is 214 g/mol. The third-order valence-electron chi connectivity index (χ3n) is 1.89. The number of hydrogen-bond acceptors (Lipinski definition) is 4. The molecule has 1 unspecified atom stereocenters. The van der Waals surface area contributed by atoms with Crippen LogP contribution in [0.1, 0.15) is 31.8 Å². The van der Waals surface area contributed by atoms with Gasteiger partial charge in [-0.25, -0.2) is 4.98 Å². The number of rotatable bonds is 4. The summed E-state index contributed by atoms with van der Waals surface area (Å²) in [6.07, 6.45) is 1.34. The van der Waals surface area contributed by atoms with Crippen LogP contribution < -0.4 is 4.90 Å². The number of aromatic nitrogens is 1. The highest BCUT2D eigenvalue weighted by Crippen LogP contribution is 2.26.